The minimum absolute atomic E-state index is 0.0494. The zero-order chi connectivity index (χ0) is 29.2. The monoisotopic (exact) mass is 622 g/mol. The number of benzene rings is 2. The number of aromatic nitrogens is 4. The predicted molar refractivity (Wildman–Crippen MR) is 169 cm³/mol. The SMILES string of the molecule is COc1cc(OCC/N=C(\SC)c2ccc(C(=O)N3CCC[C@H](O)C3)cc2)c2sc(-c3cn4nc(C)sc4n3)nc2c1. The first kappa shape index (κ1) is 28.6. The van der Waals surface area contributed by atoms with Crippen LogP contribution in [0.5, 0.6) is 11.5 Å². The highest BCUT2D eigenvalue weighted by Crippen LogP contribution is 2.39. The molecule has 2 aromatic carbocycles. The lowest BCUT2D eigenvalue weighted by Crippen LogP contribution is -2.42. The molecular formula is C29H30N6O4S3. The van der Waals surface area contributed by atoms with Crippen LogP contribution < -0.4 is 9.47 Å². The number of piperidine rings is 1. The number of carbonyl (C=O) groups is 1. The summed E-state index contributed by atoms with van der Waals surface area (Å²) in [6.07, 6.45) is 5.00. The number of aliphatic hydroxyl groups is 1. The van der Waals surface area contributed by atoms with Gasteiger partial charge in [0.15, 0.2) is 0 Å². The number of amides is 1. The van der Waals surface area contributed by atoms with Gasteiger partial charge in [0.2, 0.25) is 4.96 Å². The van der Waals surface area contributed by atoms with Crippen LogP contribution >= 0.6 is 34.4 Å². The number of methoxy groups -OCH3 is 1. The summed E-state index contributed by atoms with van der Waals surface area (Å²) in [5, 5.41) is 17.0. The fourth-order valence-electron chi connectivity index (χ4n) is 4.87. The number of ether oxygens (including phenoxy) is 2. The summed E-state index contributed by atoms with van der Waals surface area (Å²) in [6.45, 7) is 3.85. The first-order valence-electron chi connectivity index (χ1n) is 13.5. The number of thiazole rings is 1. The molecule has 218 valence electrons. The fraction of sp³-hybridized carbons (Fsp3) is 0.345. The van der Waals surface area contributed by atoms with E-state index in [1.807, 2.05) is 55.8 Å². The largest absolute Gasteiger partial charge is 0.497 e. The molecule has 0 bridgehead atoms. The van der Waals surface area contributed by atoms with Crippen molar-refractivity contribution in [3.8, 4) is 22.2 Å². The summed E-state index contributed by atoms with van der Waals surface area (Å²) in [6, 6.07) is 11.3. The number of hydrogen-bond acceptors (Lipinski definition) is 11. The minimum atomic E-state index is -0.443. The molecule has 42 heavy (non-hydrogen) atoms. The summed E-state index contributed by atoms with van der Waals surface area (Å²) in [4.78, 5) is 29.7. The van der Waals surface area contributed by atoms with Crippen molar-refractivity contribution < 1.29 is 19.4 Å². The minimum Gasteiger partial charge on any atom is -0.497 e. The molecule has 3 aromatic heterocycles. The van der Waals surface area contributed by atoms with Crippen LogP contribution in [0.25, 0.3) is 25.9 Å². The van der Waals surface area contributed by atoms with Crippen molar-refractivity contribution in [3.05, 3.63) is 58.7 Å². The van der Waals surface area contributed by atoms with Gasteiger partial charge in [-0.3, -0.25) is 9.79 Å². The van der Waals surface area contributed by atoms with E-state index < -0.39 is 6.10 Å². The van der Waals surface area contributed by atoms with E-state index in [1.54, 1.807) is 39.6 Å². The second-order valence-corrected chi connectivity index (χ2v) is 12.8. The topological polar surface area (TPSA) is 114 Å². The Morgan fingerprint density at radius 3 is 2.74 bits per heavy atom. The van der Waals surface area contributed by atoms with E-state index in [0.717, 1.165) is 54.3 Å². The van der Waals surface area contributed by atoms with Crippen molar-refractivity contribution in [2.45, 2.75) is 25.9 Å². The molecular weight excluding hydrogens is 593 g/mol. The number of likely N-dealkylation sites (tertiary alicyclic amines) is 1. The first-order valence-corrected chi connectivity index (χ1v) is 16.4. The highest BCUT2D eigenvalue weighted by Gasteiger charge is 2.23. The van der Waals surface area contributed by atoms with Crippen LogP contribution in [-0.2, 0) is 0 Å². The van der Waals surface area contributed by atoms with Gasteiger partial charge in [-0.25, -0.2) is 14.5 Å². The fourth-order valence-corrected chi connectivity index (χ4v) is 7.15. The maximum Gasteiger partial charge on any atom is 0.253 e. The van der Waals surface area contributed by atoms with E-state index >= 15 is 0 Å². The van der Waals surface area contributed by atoms with E-state index in [2.05, 4.69) is 10.1 Å². The van der Waals surface area contributed by atoms with Gasteiger partial charge in [-0.2, -0.15) is 5.10 Å². The van der Waals surface area contributed by atoms with Gasteiger partial charge >= 0.3 is 0 Å². The van der Waals surface area contributed by atoms with Gasteiger partial charge < -0.3 is 19.5 Å². The third-order valence-electron chi connectivity index (χ3n) is 6.89. The number of nitrogens with zero attached hydrogens (tertiary/aromatic N) is 6. The smallest absolute Gasteiger partial charge is 0.253 e. The number of aliphatic hydroxyl groups excluding tert-OH is 1. The van der Waals surface area contributed by atoms with Crippen LogP contribution in [-0.4, -0.2) is 86.3 Å². The standard InChI is InChI=1S/C29H30N6O4S3/c1-17-33-35-16-23(32-29(35)41-17)27-31-22-13-21(38-2)14-24(25(22)42-27)39-12-10-30-26(40-3)18-6-8-19(9-7-18)28(37)34-11-4-5-20(36)15-34/h6-9,13-14,16,20,36H,4-5,10-12,15H2,1-3H3/b30-26-/t20-/m0/s1. The van der Waals surface area contributed by atoms with Gasteiger partial charge in [-0.1, -0.05) is 23.5 Å². The molecule has 0 radical (unpaired) electrons. The Labute approximate surface area is 255 Å². The van der Waals surface area contributed by atoms with E-state index in [-0.39, 0.29) is 5.91 Å². The lowest BCUT2D eigenvalue weighted by atomic mass is 10.1. The number of rotatable bonds is 8. The average Bonchev–Trinajstić information content (AvgIpc) is 3.69. The lowest BCUT2D eigenvalue weighted by molar-refractivity contribution is 0.0474. The Kier molecular flexibility index (Phi) is 8.43. The van der Waals surface area contributed by atoms with Gasteiger partial charge in [0.05, 0.1) is 41.2 Å². The molecule has 1 aliphatic rings. The number of carbonyl (C=O) groups excluding carboxylic acids is 1. The van der Waals surface area contributed by atoms with Crippen molar-refractivity contribution in [3.63, 3.8) is 0 Å². The Hall–Kier alpha value is -3.52. The molecule has 4 heterocycles. The number of hydrogen-bond donors (Lipinski definition) is 1. The molecule has 0 saturated carbocycles. The maximum atomic E-state index is 12.8. The van der Waals surface area contributed by atoms with Crippen LogP contribution in [0.1, 0.15) is 33.8 Å². The van der Waals surface area contributed by atoms with Crippen molar-refractivity contribution in [2.75, 3.05) is 39.6 Å². The summed E-state index contributed by atoms with van der Waals surface area (Å²) in [7, 11) is 1.62. The van der Waals surface area contributed by atoms with E-state index in [9.17, 15) is 9.90 Å². The van der Waals surface area contributed by atoms with Crippen molar-refractivity contribution in [2.24, 2.45) is 4.99 Å². The molecule has 13 heteroatoms. The Morgan fingerprint density at radius 2 is 2.00 bits per heavy atom. The van der Waals surface area contributed by atoms with Gasteiger partial charge in [-0.15, -0.1) is 23.1 Å². The molecule has 10 nitrogen and oxygen atoms in total. The Bertz CT molecular complexity index is 1730. The van der Waals surface area contributed by atoms with Crippen LogP contribution in [0, 0.1) is 6.92 Å². The zero-order valence-corrected chi connectivity index (χ0v) is 25.9. The third kappa shape index (κ3) is 6.00. The van der Waals surface area contributed by atoms with E-state index in [0.29, 0.717) is 43.3 Å². The first-order chi connectivity index (χ1) is 20.4. The number of imidazole rings is 1. The van der Waals surface area contributed by atoms with Crippen LogP contribution in [0.4, 0.5) is 0 Å². The number of fused-ring (bicyclic) bond motifs is 2. The quantitative estimate of drug-likeness (QED) is 0.143. The molecule has 0 unspecified atom stereocenters. The number of aryl methyl sites for hydroxylation is 1. The summed E-state index contributed by atoms with van der Waals surface area (Å²) < 4.78 is 14.4. The molecule has 1 N–H and O–H groups in total. The number of aliphatic imine (C=N–C) groups is 1. The molecule has 5 aromatic rings. The summed E-state index contributed by atoms with van der Waals surface area (Å²) >= 11 is 4.61. The molecule has 6 rings (SSSR count). The molecule has 0 aliphatic carbocycles. The average molecular weight is 623 g/mol. The second-order valence-electron chi connectivity index (χ2n) is 9.83. The van der Waals surface area contributed by atoms with E-state index in [4.69, 9.17) is 19.5 Å². The third-order valence-corrected chi connectivity index (χ3v) is 9.59. The molecule has 1 fully saturated rings. The van der Waals surface area contributed by atoms with Crippen molar-refractivity contribution in [1.82, 2.24) is 24.5 Å². The molecule has 0 spiro atoms. The highest BCUT2D eigenvalue weighted by atomic mass is 32.2. The van der Waals surface area contributed by atoms with E-state index in [1.165, 1.54) is 11.3 Å². The number of thioether (sulfide) groups is 1. The summed E-state index contributed by atoms with van der Waals surface area (Å²) in [5.41, 5.74) is 3.12. The van der Waals surface area contributed by atoms with Crippen molar-refractivity contribution >= 4 is 60.6 Å². The van der Waals surface area contributed by atoms with Crippen molar-refractivity contribution in [1.29, 1.82) is 0 Å². The molecule has 1 amide bonds. The predicted octanol–water partition coefficient (Wildman–Crippen LogP) is 5.17. The van der Waals surface area contributed by atoms with Gasteiger partial charge in [0.1, 0.15) is 33.8 Å². The molecule has 1 saturated heterocycles. The lowest BCUT2D eigenvalue weighted by Gasteiger charge is -2.30. The molecule has 1 aliphatic heterocycles. The summed E-state index contributed by atoms with van der Waals surface area (Å²) in [5.74, 6) is 1.31. The Morgan fingerprint density at radius 1 is 1.19 bits per heavy atom. The van der Waals surface area contributed by atoms with Gasteiger partial charge in [-0.05, 0) is 38.2 Å². The van der Waals surface area contributed by atoms with Crippen LogP contribution in [0.2, 0.25) is 0 Å². The second kappa shape index (κ2) is 12.4. The van der Waals surface area contributed by atoms with Crippen LogP contribution in [0.15, 0.2) is 47.6 Å². The van der Waals surface area contributed by atoms with Gasteiger partial charge in [0, 0.05) is 36.3 Å². The number of β-amino-alcohol motifs (C(OH)–C–C–N with tert-alkyl or cyclic N) is 1. The zero-order valence-electron chi connectivity index (χ0n) is 23.4. The van der Waals surface area contributed by atoms with Gasteiger partial charge in [0.25, 0.3) is 5.91 Å². The normalized spacial score (nSPS) is 16.0. The molecule has 1 atom stereocenters. The maximum absolute atomic E-state index is 12.8. The van der Waals surface area contributed by atoms with Crippen LogP contribution in [0.3, 0.4) is 0 Å². The highest BCUT2D eigenvalue weighted by molar-refractivity contribution is 8.13. The Balaban J connectivity index is 1.14.